The third-order valence-corrected chi connectivity index (χ3v) is 7.22. The number of thiophene rings is 1. The fourth-order valence-corrected chi connectivity index (χ4v) is 5.17. The number of hydrogen-bond acceptors (Lipinski definition) is 6. The normalized spacial score (nSPS) is 14.6. The number of carbonyl (C=O) groups excluding carboxylic acids is 1. The van der Waals surface area contributed by atoms with E-state index in [1.807, 2.05) is 47.4 Å². The van der Waals surface area contributed by atoms with Crippen LogP contribution >= 0.6 is 22.9 Å². The number of nitrogens with zero attached hydrogens (tertiary/aromatic N) is 4. The van der Waals surface area contributed by atoms with Gasteiger partial charge in [-0.05, 0) is 30.3 Å². The SMILES string of the molecule is O=C(Nc1cccc2cn(CCN3CCN(c4ccncc4)CC3)c(O)c12)c1ccc(Cl)s1. The van der Waals surface area contributed by atoms with Crippen molar-refractivity contribution in [3.63, 3.8) is 0 Å². The Balaban J connectivity index is 1.25. The van der Waals surface area contributed by atoms with Crippen LogP contribution < -0.4 is 10.2 Å². The number of carbonyl (C=O) groups is 1. The third kappa shape index (κ3) is 4.68. The van der Waals surface area contributed by atoms with E-state index in [-0.39, 0.29) is 11.8 Å². The predicted octanol–water partition coefficient (Wildman–Crippen LogP) is 4.53. The van der Waals surface area contributed by atoms with Crippen LogP contribution in [0.5, 0.6) is 5.88 Å². The van der Waals surface area contributed by atoms with Gasteiger partial charge in [0.25, 0.3) is 5.91 Å². The molecule has 1 amide bonds. The molecule has 1 fully saturated rings. The molecule has 4 aromatic rings. The summed E-state index contributed by atoms with van der Waals surface area (Å²) in [6.45, 7) is 5.38. The molecule has 0 unspecified atom stereocenters. The molecule has 0 radical (unpaired) electrons. The summed E-state index contributed by atoms with van der Waals surface area (Å²) in [7, 11) is 0. The number of hydrogen-bond donors (Lipinski definition) is 2. The van der Waals surface area contributed by atoms with Crippen molar-refractivity contribution in [2.75, 3.05) is 42.9 Å². The van der Waals surface area contributed by atoms with Crippen molar-refractivity contribution in [3.05, 3.63) is 70.3 Å². The molecule has 0 bridgehead atoms. The van der Waals surface area contributed by atoms with Crippen LogP contribution in [0.15, 0.2) is 61.1 Å². The van der Waals surface area contributed by atoms with E-state index in [4.69, 9.17) is 11.6 Å². The van der Waals surface area contributed by atoms with Crippen LogP contribution in [0.25, 0.3) is 10.8 Å². The zero-order valence-electron chi connectivity index (χ0n) is 17.9. The number of anilines is 2. The summed E-state index contributed by atoms with van der Waals surface area (Å²) < 4.78 is 2.42. The van der Waals surface area contributed by atoms with Crippen molar-refractivity contribution < 1.29 is 9.90 Å². The lowest BCUT2D eigenvalue weighted by atomic mass is 10.2. The van der Waals surface area contributed by atoms with Crippen LogP contribution in [-0.4, -0.2) is 58.2 Å². The zero-order chi connectivity index (χ0) is 22.8. The monoisotopic (exact) mass is 481 g/mol. The summed E-state index contributed by atoms with van der Waals surface area (Å²) in [5, 5.41) is 15.4. The second-order valence-electron chi connectivity index (χ2n) is 8.01. The van der Waals surface area contributed by atoms with Crippen molar-refractivity contribution in [2.45, 2.75) is 6.54 Å². The van der Waals surface area contributed by atoms with Crippen LogP contribution in [0, 0.1) is 0 Å². The first-order chi connectivity index (χ1) is 16.1. The molecule has 0 aliphatic carbocycles. The van der Waals surface area contributed by atoms with Gasteiger partial charge in [-0.3, -0.25) is 14.7 Å². The van der Waals surface area contributed by atoms with Gasteiger partial charge in [-0.2, -0.15) is 0 Å². The lowest BCUT2D eigenvalue weighted by Gasteiger charge is -2.36. The molecular formula is C24H24ClN5O2S. The molecule has 1 aromatic carbocycles. The topological polar surface area (TPSA) is 73.6 Å². The number of benzene rings is 1. The Hall–Kier alpha value is -3.07. The number of halogens is 1. The van der Waals surface area contributed by atoms with E-state index in [1.54, 1.807) is 18.2 Å². The van der Waals surface area contributed by atoms with Gasteiger partial charge in [0.2, 0.25) is 5.88 Å². The number of amides is 1. The molecule has 5 rings (SSSR count). The second kappa shape index (κ2) is 9.43. The van der Waals surface area contributed by atoms with Gasteiger partial charge in [0.1, 0.15) is 0 Å². The van der Waals surface area contributed by atoms with Gasteiger partial charge >= 0.3 is 0 Å². The van der Waals surface area contributed by atoms with Crippen LogP contribution in [0.3, 0.4) is 0 Å². The maximum absolute atomic E-state index is 12.6. The van der Waals surface area contributed by atoms with Gasteiger partial charge < -0.3 is 19.9 Å². The molecule has 3 aromatic heterocycles. The highest BCUT2D eigenvalue weighted by Crippen LogP contribution is 2.34. The van der Waals surface area contributed by atoms with Crippen molar-refractivity contribution in [2.24, 2.45) is 0 Å². The quantitative estimate of drug-likeness (QED) is 0.423. The van der Waals surface area contributed by atoms with Gasteiger partial charge in [0.05, 0.1) is 20.3 Å². The summed E-state index contributed by atoms with van der Waals surface area (Å²) in [6, 6.07) is 13.1. The van der Waals surface area contributed by atoms with Crippen LogP contribution in [0.4, 0.5) is 11.4 Å². The molecule has 2 N–H and O–H groups in total. The molecule has 0 spiro atoms. The molecule has 170 valence electrons. The minimum absolute atomic E-state index is 0.167. The summed E-state index contributed by atoms with van der Waals surface area (Å²) >= 11 is 7.18. The van der Waals surface area contributed by atoms with E-state index in [1.165, 1.54) is 17.0 Å². The Kier molecular flexibility index (Phi) is 6.22. The molecular weight excluding hydrogens is 458 g/mol. The second-order valence-corrected chi connectivity index (χ2v) is 9.72. The highest BCUT2D eigenvalue weighted by Gasteiger charge is 2.19. The van der Waals surface area contributed by atoms with E-state index in [2.05, 4.69) is 20.1 Å². The summed E-state index contributed by atoms with van der Waals surface area (Å²) in [5.41, 5.74) is 1.79. The lowest BCUT2D eigenvalue weighted by molar-refractivity contribution is 0.103. The summed E-state index contributed by atoms with van der Waals surface area (Å²) in [4.78, 5) is 22.0. The molecule has 33 heavy (non-hydrogen) atoms. The fourth-order valence-electron chi connectivity index (χ4n) is 4.23. The fraction of sp³-hybridized carbons (Fsp3) is 0.250. The van der Waals surface area contributed by atoms with Crippen LogP contribution in [0.2, 0.25) is 4.34 Å². The number of nitrogens with one attached hydrogen (secondary N) is 1. The van der Waals surface area contributed by atoms with Crippen LogP contribution in [0.1, 0.15) is 9.67 Å². The van der Waals surface area contributed by atoms with E-state index in [0.717, 1.165) is 38.1 Å². The highest BCUT2D eigenvalue weighted by molar-refractivity contribution is 7.18. The zero-order valence-corrected chi connectivity index (χ0v) is 19.5. The van der Waals surface area contributed by atoms with Gasteiger partial charge in [-0.25, -0.2) is 0 Å². The highest BCUT2D eigenvalue weighted by atomic mass is 35.5. The average molecular weight is 482 g/mol. The van der Waals surface area contributed by atoms with Crippen LogP contribution in [-0.2, 0) is 6.54 Å². The van der Waals surface area contributed by atoms with E-state index in [9.17, 15) is 9.90 Å². The van der Waals surface area contributed by atoms with Gasteiger partial charge in [0, 0.05) is 68.9 Å². The van der Waals surface area contributed by atoms with Crippen molar-refractivity contribution in [1.82, 2.24) is 14.5 Å². The number of fused-ring (bicyclic) bond motifs is 1. The van der Waals surface area contributed by atoms with E-state index >= 15 is 0 Å². The number of aromatic hydroxyl groups is 1. The predicted molar refractivity (Wildman–Crippen MR) is 134 cm³/mol. The first-order valence-electron chi connectivity index (χ1n) is 10.8. The first kappa shape index (κ1) is 21.8. The molecule has 4 heterocycles. The standard InChI is InChI=1S/C24H24ClN5O2S/c25-21-5-4-20(33-21)23(31)27-19-3-1-2-17-16-30(24(32)22(17)19)15-12-28-10-13-29(14-11-28)18-6-8-26-9-7-18/h1-9,16,32H,10-15H2,(H,27,31). The molecule has 9 heteroatoms. The summed E-state index contributed by atoms with van der Waals surface area (Å²) in [6.07, 6.45) is 5.59. The smallest absolute Gasteiger partial charge is 0.265 e. The molecule has 1 saturated heterocycles. The minimum atomic E-state index is -0.237. The Bertz CT molecular complexity index is 1260. The van der Waals surface area contributed by atoms with E-state index < -0.39 is 0 Å². The average Bonchev–Trinajstić information content (AvgIpc) is 3.42. The van der Waals surface area contributed by atoms with Gasteiger partial charge in [-0.15, -0.1) is 11.3 Å². The van der Waals surface area contributed by atoms with E-state index in [0.29, 0.717) is 26.8 Å². The first-order valence-corrected chi connectivity index (χ1v) is 12.0. The third-order valence-electron chi connectivity index (χ3n) is 5.99. The number of rotatable bonds is 6. The Morgan fingerprint density at radius 2 is 1.85 bits per heavy atom. The number of aromatic nitrogens is 2. The van der Waals surface area contributed by atoms with Gasteiger partial charge in [0.15, 0.2) is 0 Å². The Morgan fingerprint density at radius 3 is 2.58 bits per heavy atom. The molecule has 1 aliphatic rings. The molecule has 1 aliphatic heterocycles. The lowest BCUT2D eigenvalue weighted by Crippen LogP contribution is -2.47. The maximum Gasteiger partial charge on any atom is 0.265 e. The summed E-state index contributed by atoms with van der Waals surface area (Å²) in [5.74, 6) is -0.0702. The largest absolute Gasteiger partial charge is 0.494 e. The van der Waals surface area contributed by atoms with Crippen molar-refractivity contribution in [1.29, 1.82) is 0 Å². The van der Waals surface area contributed by atoms with Crippen molar-refractivity contribution >= 4 is 51.0 Å². The minimum Gasteiger partial charge on any atom is -0.494 e. The maximum atomic E-state index is 12.6. The molecule has 7 nitrogen and oxygen atoms in total. The number of pyridine rings is 1. The Morgan fingerprint density at radius 1 is 1.06 bits per heavy atom. The molecule has 0 saturated carbocycles. The number of piperazine rings is 1. The Labute approximate surface area is 200 Å². The molecule has 0 atom stereocenters. The van der Waals surface area contributed by atoms with Gasteiger partial charge in [-0.1, -0.05) is 23.7 Å². The van der Waals surface area contributed by atoms with Crippen molar-refractivity contribution in [3.8, 4) is 5.88 Å².